The molecule has 0 amide bonds. The van der Waals surface area contributed by atoms with Crippen LogP contribution in [-0.2, 0) is 23.3 Å². The number of hydrogen-bond donors (Lipinski definition) is 0. The van der Waals surface area contributed by atoms with Crippen LogP contribution in [0.2, 0.25) is 13.1 Å². The van der Waals surface area contributed by atoms with E-state index in [9.17, 15) is 0 Å². The molecule has 0 spiro atoms. The Bertz CT molecular complexity index is 458. The Kier molecular flexibility index (Phi) is 8.39. The van der Waals surface area contributed by atoms with E-state index in [0.29, 0.717) is 0 Å². The summed E-state index contributed by atoms with van der Waals surface area (Å²) in [6, 6.07) is 0. The van der Waals surface area contributed by atoms with Crippen molar-refractivity contribution < 1.29 is 23.3 Å². The molecule has 22 heavy (non-hydrogen) atoms. The zero-order valence-corrected chi connectivity index (χ0v) is 17.4. The van der Waals surface area contributed by atoms with Crippen LogP contribution in [0.15, 0.2) is 42.5 Å². The monoisotopic (exact) mass is 386 g/mol. The Hall–Kier alpha value is 0.0600. The number of allylic oxidation sites excluding steroid dienone is 8. The van der Waals surface area contributed by atoms with Crippen molar-refractivity contribution in [1.29, 1.82) is 0 Å². The van der Waals surface area contributed by atoms with E-state index in [1.165, 1.54) is 25.7 Å². The molecule has 0 aliphatic heterocycles. The minimum atomic E-state index is 0.210. The van der Waals surface area contributed by atoms with E-state index in [-0.39, 0.29) is 5.43 Å². The van der Waals surface area contributed by atoms with Crippen LogP contribution in [-0.4, -0.2) is 5.43 Å². The van der Waals surface area contributed by atoms with E-state index >= 15 is 0 Å². The van der Waals surface area contributed by atoms with E-state index in [4.69, 9.17) is 0 Å². The van der Waals surface area contributed by atoms with Gasteiger partial charge in [-0.3, -0.25) is 6.08 Å². The minimum Gasteiger partial charge on any atom is -0.273 e. The van der Waals surface area contributed by atoms with Gasteiger partial charge in [0, 0.05) is 0 Å². The van der Waals surface area contributed by atoms with Gasteiger partial charge in [-0.2, -0.15) is 12.0 Å². The average molecular weight is 388 g/mol. The van der Waals surface area contributed by atoms with Gasteiger partial charge in [-0.15, -0.1) is 18.4 Å². The molecule has 0 saturated heterocycles. The number of fused-ring (bicyclic) bond motifs is 3. The average Bonchev–Trinajstić information content (AvgIpc) is 3.18. The van der Waals surface area contributed by atoms with Gasteiger partial charge in [0.15, 0.2) is 0 Å². The van der Waals surface area contributed by atoms with Crippen LogP contribution in [0.1, 0.15) is 32.1 Å². The number of hydrogen-bond acceptors (Lipinski definition) is 0. The maximum absolute atomic E-state index is 2.99. The Morgan fingerprint density at radius 2 is 1.82 bits per heavy atom. The second kappa shape index (κ2) is 10.0. The topological polar surface area (TPSA) is 0 Å². The van der Waals surface area contributed by atoms with E-state index in [2.05, 4.69) is 56.0 Å². The Morgan fingerprint density at radius 1 is 1.09 bits per heavy atom. The smallest absolute Gasteiger partial charge is 0.109 e. The minimum absolute atomic E-state index is 0.210. The van der Waals surface area contributed by atoms with Gasteiger partial charge < -0.3 is 6.42 Å². The van der Waals surface area contributed by atoms with Crippen LogP contribution in [0, 0.1) is 36.2 Å². The fourth-order valence-electron chi connectivity index (χ4n) is 3.79. The van der Waals surface area contributed by atoms with Crippen LogP contribution in [0.5, 0.6) is 0 Å². The van der Waals surface area contributed by atoms with Crippen LogP contribution >= 0.6 is 0 Å². The SMILES string of the molecule is C1=CC2[CH-]C3CCCCC3C2C=C1.C[Si](C)=[Zr+2].[C-]1=CC=CC1. The predicted molar refractivity (Wildman–Crippen MR) is 94.1 cm³/mol. The molecule has 2 heteroatoms. The summed E-state index contributed by atoms with van der Waals surface area (Å²) >= 11 is 1.74. The Labute approximate surface area is 152 Å². The van der Waals surface area contributed by atoms with E-state index < -0.39 is 0 Å². The van der Waals surface area contributed by atoms with Crippen molar-refractivity contribution >= 4 is 5.43 Å². The first-order chi connectivity index (χ1) is 10.7. The molecule has 2 saturated carbocycles. The van der Waals surface area contributed by atoms with Gasteiger partial charge in [0.2, 0.25) is 0 Å². The summed E-state index contributed by atoms with van der Waals surface area (Å²) in [6.45, 7) is 4.62. The van der Waals surface area contributed by atoms with Crippen molar-refractivity contribution in [2.75, 3.05) is 0 Å². The molecule has 0 bridgehead atoms. The second-order valence-electron chi connectivity index (χ2n) is 6.73. The van der Waals surface area contributed by atoms with E-state index in [1.807, 2.05) is 12.2 Å². The first kappa shape index (κ1) is 18.4. The fraction of sp³-hybridized carbons (Fsp3) is 0.550. The van der Waals surface area contributed by atoms with Crippen LogP contribution in [0.25, 0.3) is 0 Å². The summed E-state index contributed by atoms with van der Waals surface area (Å²) in [5.74, 6) is 3.56. The van der Waals surface area contributed by atoms with Crippen molar-refractivity contribution in [3.05, 3.63) is 55.0 Å². The third-order valence-corrected chi connectivity index (χ3v) is 4.65. The molecular formula is C20H28SiZr. The molecule has 0 aromatic rings. The molecule has 4 aliphatic carbocycles. The molecule has 4 rings (SSSR count). The summed E-state index contributed by atoms with van der Waals surface area (Å²) in [7, 11) is 0. The van der Waals surface area contributed by atoms with Crippen molar-refractivity contribution in [1.82, 2.24) is 0 Å². The second-order valence-corrected chi connectivity index (χ2v) is 16.1. The van der Waals surface area contributed by atoms with Crippen LogP contribution in [0.4, 0.5) is 0 Å². The summed E-state index contributed by atoms with van der Waals surface area (Å²) in [6.07, 6.45) is 27.8. The van der Waals surface area contributed by atoms with Gasteiger partial charge in [0.05, 0.1) is 0 Å². The summed E-state index contributed by atoms with van der Waals surface area (Å²) in [5, 5.41) is 0. The molecule has 0 radical (unpaired) electrons. The van der Waals surface area contributed by atoms with Gasteiger partial charge in [-0.05, 0) is 5.92 Å². The standard InChI is InChI=1S/C13H17.C5H5.C2H6Si.Zr/c1-3-7-12-10(5-1)9-11-6-2-4-8-13(11)12;1-2-4-5-3-1;1-3-2;/h1,3,5,7,9-13H,2,4,6,8H2;1-3H,4H2;1-2H3;/q2*-1;;+2. The zero-order chi connectivity index (χ0) is 15.8. The molecule has 0 aromatic heterocycles. The van der Waals surface area contributed by atoms with Gasteiger partial charge in [0.1, 0.15) is 0 Å². The number of rotatable bonds is 0. The zero-order valence-electron chi connectivity index (χ0n) is 14.0. The quantitative estimate of drug-likeness (QED) is 0.382. The summed E-state index contributed by atoms with van der Waals surface area (Å²) < 4.78 is 0. The first-order valence-corrected chi connectivity index (χ1v) is 14.8. The molecule has 0 heterocycles. The summed E-state index contributed by atoms with van der Waals surface area (Å²) in [5.41, 5.74) is 0.210. The van der Waals surface area contributed by atoms with Gasteiger partial charge in [-0.25, -0.2) is 12.2 Å². The third-order valence-electron chi connectivity index (χ3n) is 4.65. The largest absolute Gasteiger partial charge is 0.273 e. The Morgan fingerprint density at radius 3 is 2.45 bits per heavy atom. The van der Waals surface area contributed by atoms with E-state index in [1.54, 1.807) is 23.3 Å². The summed E-state index contributed by atoms with van der Waals surface area (Å²) in [4.78, 5) is 0. The van der Waals surface area contributed by atoms with Gasteiger partial charge in [0.25, 0.3) is 0 Å². The van der Waals surface area contributed by atoms with Crippen LogP contribution in [0.3, 0.4) is 0 Å². The molecule has 0 aromatic carbocycles. The first-order valence-electron chi connectivity index (χ1n) is 8.62. The molecular weight excluding hydrogens is 360 g/mol. The predicted octanol–water partition coefficient (Wildman–Crippen LogP) is 5.46. The third kappa shape index (κ3) is 5.93. The molecule has 4 atom stereocenters. The molecule has 4 aliphatic rings. The fourth-order valence-corrected chi connectivity index (χ4v) is 3.79. The van der Waals surface area contributed by atoms with Crippen LogP contribution < -0.4 is 0 Å². The molecule has 0 nitrogen and oxygen atoms in total. The van der Waals surface area contributed by atoms with E-state index in [0.717, 1.165) is 30.1 Å². The molecule has 0 N–H and O–H groups in total. The maximum atomic E-state index is 2.99. The Balaban J connectivity index is 0.000000163. The van der Waals surface area contributed by atoms with Crippen molar-refractivity contribution in [2.24, 2.45) is 23.7 Å². The maximum Gasteiger partial charge on any atom is -0.109 e. The van der Waals surface area contributed by atoms with Gasteiger partial charge in [-0.1, -0.05) is 49.8 Å². The normalized spacial score (nSPS) is 33.3. The van der Waals surface area contributed by atoms with Crippen molar-refractivity contribution in [2.45, 2.75) is 45.2 Å². The van der Waals surface area contributed by atoms with Gasteiger partial charge >= 0.3 is 41.9 Å². The molecule has 4 unspecified atom stereocenters. The van der Waals surface area contributed by atoms with Crippen molar-refractivity contribution in [3.63, 3.8) is 0 Å². The molecule has 116 valence electrons. The molecule has 2 fully saturated rings. The van der Waals surface area contributed by atoms with Crippen molar-refractivity contribution in [3.8, 4) is 0 Å².